The predicted molar refractivity (Wildman–Crippen MR) is 124 cm³/mol. The molecule has 0 radical (unpaired) electrons. The van der Waals surface area contributed by atoms with Crippen LogP contribution in [0.3, 0.4) is 0 Å². The molecule has 1 aliphatic rings. The topological polar surface area (TPSA) is 107 Å². The van der Waals surface area contributed by atoms with Crippen LogP contribution in [-0.2, 0) is 11.3 Å². The molecule has 1 aromatic carbocycles. The van der Waals surface area contributed by atoms with Crippen molar-refractivity contribution in [3.8, 4) is 0 Å². The molecule has 3 heterocycles. The van der Waals surface area contributed by atoms with Crippen LogP contribution in [0, 0.1) is 5.92 Å². The summed E-state index contributed by atoms with van der Waals surface area (Å²) in [7, 11) is 0. The molecule has 0 bridgehead atoms. The number of nitrogens with zero attached hydrogens (tertiary/aromatic N) is 6. The van der Waals surface area contributed by atoms with E-state index in [9.17, 15) is 9.90 Å². The maximum absolute atomic E-state index is 11.8. The number of hydrogen-bond acceptors (Lipinski definition) is 8. The van der Waals surface area contributed by atoms with Crippen molar-refractivity contribution in [2.45, 2.75) is 32.9 Å². The molecule has 3 aromatic rings. The van der Waals surface area contributed by atoms with Gasteiger partial charge in [0.05, 0.1) is 12.1 Å². The van der Waals surface area contributed by atoms with E-state index < -0.39 is 12.0 Å². The molecular formula is C23H29N7O2. The van der Waals surface area contributed by atoms with Crippen molar-refractivity contribution in [1.82, 2.24) is 24.8 Å². The number of anilines is 2. The van der Waals surface area contributed by atoms with Crippen LogP contribution in [0.15, 0.2) is 42.7 Å². The largest absolute Gasteiger partial charge is 0.480 e. The summed E-state index contributed by atoms with van der Waals surface area (Å²) in [4.78, 5) is 34.4. The van der Waals surface area contributed by atoms with Crippen molar-refractivity contribution in [2.75, 3.05) is 36.4 Å². The van der Waals surface area contributed by atoms with E-state index in [2.05, 4.69) is 25.1 Å². The Balaban J connectivity index is 1.50. The fourth-order valence-corrected chi connectivity index (χ4v) is 3.92. The molecule has 9 heteroatoms. The highest BCUT2D eigenvalue weighted by Gasteiger charge is 2.23. The molecule has 0 amide bonds. The van der Waals surface area contributed by atoms with E-state index in [1.165, 1.54) is 0 Å². The van der Waals surface area contributed by atoms with Gasteiger partial charge < -0.3 is 15.3 Å². The summed E-state index contributed by atoms with van der Waals surface area (Å²) >= 11 is 0. The Morgan fingerprint density at radius 1 is 1.06 bits per heavy atom. The first-order valence-corrected chi connectivity index (χ1v) is 11.0. The van der Waals surface area contributed by atoms with E-state index in [-0.39, 0.29) is 5.92 Å². The Morgan fingerprint density at radius 3 is 2.47 bits per heavy atom. The fourth-order valence-electron chi connectivity index (χ4n) is 3.92. The molecule has 168 valence electrons. The van der Waals surface area contributed by atoms with Crippen LogP contribution in [0.25, 0.3) is 10.9 Å². The highest BCUT2D eigenvalue weighted by atomic mass is 16.4. The maximum atomic E-state index is 11.8. The van der Waals surface area contributed by atoms with Crippen molar-refractivity contribution in [2.24, 2.45) is 5.92 Å². The zero-order valence-corrected chi connectivity index (χ0v) is 18.5. The second-order valence-corrected chi connectivity index (χ2v) is 8.48. The molecular weight excluding hydrogens is 406 g/mol. The number of para-hydroxylation sites is 1. The maximum Gasteiger partial charge on any atom is 0.326 e. The van der Waals surface area contributed by atoms with Crippen molar-refractivity contribution in [3.05, 3.63) is 48.5 Å². The van der Waals surface area contributed by atoms with E-state index in [0.717, 1.165) is 43.0 Å². The Bertz CT molecular complexity index is 1050. The van der Waals surface area contributed by atoms with Gasteiger partial charge >= 0.3 is 5.97 Å². The number of rotatable bonds is 8. The van der Waals surface area contributed by atoms with E-state index in [0.29, 0.717) is 24.6 Å². The summed E-state index contributed by atoms with van der Waals surface area (Å²) < 4.78 is 0. The lowest BCUT2D eigenvalue weighted by molar-refractivity contribution is -0.138. The van der Waals surface area contributed by atoms with Gasteiger partial charge in [-0.15, -0.1) is 0 Å². The minimum absolute atomic E-state index is 0.251. The van der Waals surface area contributed by atoms with E-state index in [1.54, 1.807) is 12.4 Å². The van der Waals surface area contributed by atoms with E-state index in [4.69, 9.17) is 9.97 Å². The van der Waals surface area contributed by atoms with Gasteiger partial charge in [0.25, 0.3) is 0 Å². The third-order valence-corrected chi connectivity index (χ3v) is 5.54. The third kappa shape index (κ3) is 5.28. The van der Waals surface area contributed by atoms with Gasteiger partial charge in [-0.05, 0) is 30.5 Å². The SMILES string of the molecule is CC(C)CC(Nc1nc(CN2CCN(c3ncccn3)CC2)nc2ccccc12)C(=O)O. The Labute approximate surface area is 187 Å². The second-order valence-electron chi connectivity index (χ2n) is 8.48. The van der Waals surface area contributed by atoms with Gasteiger partial charge in [0.15, 0.2) is 0 Å². The first-order valence-electron chi connectivity index (χ1n) is 11.0. The Kier molecular flexibility index (Phi) is 6.75. The average molecular weight is 436 g/mol. The van der Waals surface area contributed by atoms with Gasteiger partial charge in [0, 0.05) is 44.0 Å². The van der Waals surface area contributed by atoms with Gasteiger partial charge in [0.2, 0.25) is 5.95 Å². The highest BCUT2D eigenvalue weighted by Crippen LogP contribution is 2.23. The standard InChI is InChI=1S/C23H29N7O2/c1-16(2)14-19(22(31)32)27-21-17-6-3-4-7-18(17)26-20(28-21)15-29-10-12-30(13-11-29)23-24-8-5-9-25-23/h3-9,16,19H,10-15H2,1-2H3,(H,31,32)(H,26,27,28). The number of hydrogen-bond donors (Lipinski definition) is 2. The second kappa shape index (κ2) is 9.86. The molecule has 2 aromatic heterocycles. The summed E-state index contributed by atoms with van der Waals surface area (Å²) in [6.45, 7) is 7.99. The number of carboxylic acid groups (broad SMARTS) is 1. The quantitative estimate of drug-likeness (QED) is 0.552. The molecule has 1 aliphatic heterocycles. The number of piperazine rings is 1. The van der Waals surface area contributed by atoms with Crippen LogP contribution < -0.4 is 10.2 Å². The molecule has 0 saturated carbocycles. The van der Waals surface area contributed by atoms with Gasteiger partial charge in [0.1, 0.15) is 17.7 Å². The number of carbonyl (C=O) groups is 1. The van der Waals surface area contributed by atoms with Crippen LogP contribution in [-0.4, -0.2) is 68.1 Å². The molecule has 1 saturated heterocycles. The molecule has 1 atom stereocenters. The van der Waals surface area contributed by atoms with Gasteiger partial charge in [-0.2, -0.15) is 0 Å². The minimum atomic E-state index is -0.873. The number of aliphatic carboxylic acids is 1. The van der Waals surface area contributed by atoms with Crippen LogP contribution in [0.5, 0.6) is 0 Å². The molecule has 0 aliphatic carbocycles. The van der Waals surface area contributed by atoms with Crippen LogP contribution in [0.1, 0.15) is 26.1 Å². The Hall–Kier alpha value is -3.33. The number of fused-ring (bicyclic) bond motifs is 1. The molecule has 1 fully saturated rings. The van der Waals surface area contributed by atoms with Gasteiger partial charge in [-0.1, -0.05) is 26.0 Å². The smallest absolute Gasteiger partial charge is 0.326 e. The van der Waals surface area contributed by atoms with Crippen molar-refractivity contribution in [1.29, 1.82) is 0 Å². The molecule has 1 unspecified atom stereocenters. The first kappa shape index (κ1) is 21.9. The monoisotopic (exact) mass is 435 g/mol. The zero-order valence-electron chi connectivity index (χ0n) is 18.5. The third-order valence-electron chi connectivity index (χ3n) is 5.54. The summed E-state index contributed by atoms with van der Waals surface area (Å²) in [5, 5.41) is 13.7. The van der Waals surface area contributed by atoms with Crippen molar-refractivity contribution >= 4 is 28.6 Å². The van der Waals surface area contributed by atoms with Gasteiger partial charge in [-0.3, -0.25) is 4.90 Å². The van der Waals surface area contributed by atoms with Crippen LogP contribution in [0.2, 0.25) is 0 Å². The van der Waals surface area contributed by atoms with Gasteiger partial charge in [-0.25, -0.2) is 24.7 Å². The summed E-state index contributed by atoms with van der Waals surface area (Å²) in [6, 6.07) is 8.83. The summed E-state index contributed by atoms with van der Waals surface area (Å²) in [5.74, 6) is 1.40. The van der Waals surface area contributed by atoms with E-state index >= 15 is 0 Å². The molecule has 4 rings (SSSR count). The normalized spacial score (nSPS) is 15.8. The lowest BCUT2D eigenvalue weighted by Crippen LogP contribution is -2.46. The van der Waals surface area contributed by atoms with Crippen molar-refractivity contribution < 1.29 is 9.90 Å². The predicted octanol–water partition coefficient (Wildman–Crippen LogP) is 2.65. The highest BCUT2D eigenvalue weighted by molar-refractivity contribution is 5.90. The molecule has 2 N–H and O–H groups in total. The number of aromatic nitrogens is 4. The zero-order chi connectivity index (χ0) is 22.5. The lowest BCUT2D eigenvalue weighted by atomic mass is 10.0. The Morgan fingerprint density at radius 2 is 1.78 bits per heavy atom. The molecule has 0 spiro atoms. The van der Waals surface area contributed by atoms with Crippen LogP contribution in [0.4, 0.5) is 11.8 Å². The summed E-state index contributed by atoms with van der Waals surface area (Å²) in [6.07, 6.45) is 4.04. The number of carboxylic acids is 1. The minimum Gasteiger partial charge on any atom is -0.480 e. The van der Waals surface area contributed by atoms with Crippen molar-refractivity contribution in [3.63, 3.8) is 0 Å². The summed E-state index contributed by atoms with van der Waals surface area (Å²) in [5.41, 5.74) is 0.810. The fraction of sp³-hybridized carbons (Fsp3) is 0.435. The number of nitrogens with one attached hydrogen (secondary N) is 1. The lowest BCUT2D eigenvalue weighted by Gasteiger charge is -2.34. The first-order chi connectivity index (χ1) is 15.5. The molecule has 32 heavy (non-hydrogen) atoms. The molecule has 9 nitrogen and oxygen atoms in total. The van der Waals surface area contributed by atoms with Crippen LogP contribution >= 0.6 is 0 Å². The number of benzene rings is 1. The van der Waals surface area contributed by atoms with E-state index in [1.807, 2.05) is 44.2 Å². The average Bonchev–Trinajstić information content (AvgIpc) is 2.79.